The highest BCUT2D eigenvalue weighted by molar-refractivity contribution is 6.30. The highest BCUT2D eigenvalue weighted by atomic mass is 35.5. The summed E-state index contributed by atoms with van der Waals surface area (Å²) < 4.78 is 5.28. The highest BCUT2D eigenvalue weighted by Gasteiger charge is 2.43. The maximum Gasteiger partial charge on any atom is 0.142 e. The van der Waals surface area contributed by atoms with Crippen molar-refractivity contribution < 1.29 is 9.57 Å². The van der Waals surface area contributed by atoms with E-state index < -0.39 is 0 Å². The average Bonchev–Trinajstić information content (AvgIpc) is 3.54. The fourth-order valence-corrected chi connectivity index (χ4v) is 3.68. The Morgan fingerprint density at radius 1 is 0.897 bits per heavy atom. The molecule has 5 heteroatoms. The van der Waals surface area contributed by atoms with Gasteiger partial charge in [-0.3, -0.25) is 0 Å². The van der Waals surface area contributed by atoms with Gasteiger partial charge in [0, 0.05) is 16.0 Å². The number of halogens is 2. The van der Waals surface area contributed by atoms with Crippen LogP contribution in [-0.2, 0) is 11.4 Å². The summed E-state index contributed by atoms with van der Waals surface area (Å²) in [6.45, 7) is 0.398. The molecule has 2 atom stereocenters. The molecule has 4 rings (SSSR count). The topological polar surface area (TPSA) is 30.8 Å². The van der Waals surface area contributed by atoms with Crippen molar-refractivity contribution in [3.05, 3.63) is 99.5 Å². The first kappa shape index (κ1) is 19.8. The molecule has 0 aromatic heterocycles. The molecule has 3 aromatic carbocycles. The molecule has 0 spiro atoms. The van der Waals surface area contributed by atoms with Gasteiger partial charge in [0.25, 0.3) is 0 Å². The summed E-state index contributed by atoms with van der Waals surface area (Å²) in [6.07, 6.45) is 1.04. The van der Waals surface area contributed by atoms with E-state index in [1.807, 2.05) is 60.7 Å². The molecule has 0 unspecified atom stereocenters. The summed E-state index contributed by atoms with van der Waals surface area (Å²) in [6, 6.07) is 23.6. The molecule has 29 heavy (non-hydrogen) atoms. The predicted octanol–water partition coefficient (Wildman–Crippen LogP) is 6.73. The lowest BCUT2D eigenvalue weighted by Crippen LogP contribution is -2.07. The molecule has 3 nitrogen and oxygen atoms in total. The normalized spacial score (nSPS) is 18.4. The van der Waals surface area contributed by atoms with E-state index >= 15 is 0 Å². The van der Waals surface area contributed by atoms with E-state index in [1.54, 1.807) is 7.11 Å². The van der Waals surface area contributed by atoms with Crippen molar-refractivity contribution in [2.45, 2.75) is 18.9 Å². The molecule has 0 saturated heterocycles. The number of nitrogens with zero attached hydrogens (tertiary/aromatic N) is 1. The lowest BCUT2D eigenvalue weighted by Gasteiger charge is -2.09. The summed E-state index contributed by atoms with van der Waals surface area (Å²) >= 11 is 12.0. The number of hydrogen-bond acceptors (Lipinski definition) is 3. The number of hydrogen-bond donors (Lipinski definition) is 0. The summed E-state index contributed by atoms with van der Waals surface area (Å²) in [5.74, 6) is 1.56. The molecule has 0 amide bonds. The third kappa shape index (κ3) is 4.92. The van der Waals surface area contributed by atoms with Crippen LogP contribution in [0.15, 0.2) is 78.0 Å². The predicted molar refractivity (Wildman–Crippen MR) is 118 cm³/mol. The SMILES string of the molecule is COc1ccc(/C(=N/OCc2ccc(Cl)cc2)[C@@H]2C[C@H]2c2ccc(Cl)cc2)cc1. The molecule has 0 aliphatic heterocycles. The molecule has 0 radical (unpaired) electrons. The van der Waals surface area contributed by atoms with Gasteiger partial charge in [0.1, 0.15) is 12.4 Å². The summed E-state index contributed by atoms with van der Waals surface area (Å²) in [5.41, 5.74) is 4.31. The molecule has 0 heterocycles. The minimum Gasteiger partial charge on any atom is -0.497 e. The molecular formula is C24H21Cl2NO2. The van der Waals surface area contributed by atoms with Crippen molar-refractivity contribution in [3.63, 3.8) is 0 Å². The first-order chi connectivity index (χ1) is 14.1. The van der Waals surface area contributed by atoms with Crippen molar-refractivity contribution in [3.8, 4) is 5.75 Å². The van der Waals surface area contributed by atoms with Crippen LogP contribution in [0, 0.1) is 5.92 Å². The largest absolute Gasteiger partial charge is 0.497 e. The zero-order chi connectivity index (χ0) is 20.2. The molecule has 1 aliphatic rings. The quantitative estimate of drug-likeness (QED) is 0.310. The van der Waals surface area contributed by atoms with E-state index in [4.69, 9.17) is 32.8 Å². The van der Waals surface area contributed by atoms with E-state index in [0.29, 0.717) is 23.5 Å². The smallest absolute Gasteiger partial charge is 0.142 e. The fraction of sp³-hybridized carbons (Fsp3) is 0.208. The second-order valence-electron chi connectivity index (χ2n) is 7.11. The van der Waals surface area contributed by atoms with Crippen LogP contribution in [0.2, 0.25) is 10.0 Å². The monoisotopic (exact) mass is 425 g/mol. The van der Waals surface area contributed by atoms with Crippen molar-refractivity contribution in [2.75, 3.05) is 7.11 Å². The summed E-state index contributed by atoms with van der Waals surface area (Å²) in [5, 5.41) is 6.00. The van der Waals surface area contributed by atoms with Gasteiger partial charge in [-0.05, 0) is 77.6 Å². The Morgan fingerprint density at radius 3 is 2.14 bits per heavy atom. The first-order valence-corrected chi connectivity index (χ1v) is 10.2. The number of methoxy groups -OCH3 is 1. The van der Waals surface area contributed by atoms with E-state index in [0.717, 1.165) is 34.0 Å². The number of oxime groups is 1. The van der Waals surface area contributed by atoms with Crippen molar-refractivity contribution in [1.29, 1.82) is 0 Å². The van der Waals surface area contributed by atoms with Gasteiger partial charge in [0.15, 0.2) is 0 Å². The zero-order valence-electron chi connectivity index (χ0n) is 16.0. The second kappa shape index (κ2) is 8.89. The van der Waals surface area contributed by atoms with E-state index in [-0.39, 0.29) is 0 Å². The number of ether oxygens (including phenoxy) is 1. The molecule has 0 N–H and O–H groups in total. The highest BCUT2D eigenvalue weighted by Crippen LogP contribution is 2.49. The van der Waals surface area contributed by atoms with Crippen LogP contribution >= 0.6 is 23.2 Å². The minimum absolute atomic E-state index is 0.315. The third-order valence-corrected chi connectivity index (χ3v) is 5.64. The minimum atomic E-state index is 0.315. The lowest BCUT2D eigenvalue weighted by molar-refractivity contribution is 0.130. The molecule has 0 bridgehead atoms. The van der Waals surface area contributed by atoms with Crippen LogP contribution in [0.25, 0.3) is 0 Å². The second-order valence-corrected chi connectivity index (χ2v) is 7.98. The van der Waals surface area contributed by atoms with Gasteiger partial charge in [-0.15, -0.1) is 0 Å². The number of rotatable bonds is 7. The third-order valence-electron chi connectivity index (χ3n) is 5.13. The van der Waals surface area contributed by atoms with Crippen molar-refractivity contribution in [2.24, 2.45) is 11.1 Å². The lowest BCUT2D eigenvalue weighted by atomic mass is 10.0. The summed E-state index contributed by atoms with van der Waals surface area (Å²) in [4.78, 5) is 5.73. The molecule has 1 saturated carbocycles. The Kier molecular flexibility index (Phi) is 6.08. The van der Waals surface area contributed by atoms with E-state index in [1.165, 1.54) is 5.56 Å². The van der Waals surface area contributed by atoms with Crippen LogP contribution in [0.3, 0.4) is 0 Å². The van der Waals surface area contributed by atoms with Crippen LogP contribution in [-0.4, -0.2) is 12.8 Å². The van der Waals surface area contributed by atoms with Crippen LogP contribution in [0.4, 0.5) is 0 Å². The van der Waals surface area contributed by atoms with Crippen molar-refractivity contribution >= 4 is 28.9 Å². The Labute approximate surface area is 180 Å². The van der Waals surface area contributed by atoms with Gasteiger partial charge < -0.3 is 9.57 Å². The first-order valence-electron chi connectivity index (χ1n) is 9.48. The maximum atomic E-state index is 6.03. The van der Waals surface area contributed by atoms with Crippen molar-refractivity contribution in [1.82, 2.24) is 0 Å². The zero-order valence-corrected chi connectivity index (χ0v) is 17.5. The molecule has 148 valence electrons. The average molecular weight is 426 g/mol. The van der Waals surface area contributed by atoms with E-state index in [2.05, 4.69) is 17.3 Å². The van der Waals surface area contributed by atoms with Crippen LogP contribution < -0.4 is 4.74 Å². The molecular weight excluding hydrogens is 405 g/mol. The van der Waals surface area contributed by atoms with Gasteiger partial charge in [-0.2, -0.15) is 0 Å². The van der Waals surface area contributed by atoms with Gasteiger partial charge in [-0.25, -0.2) is 0 Å². The molecule has 1 aliphatic carbocycles. The maximum absolute atomic E-state index is 6.03. The molecule has 3 aromatic rings. The standard InChI is InChI=1S/C24H21Cl2NO2/c1-28-21-12-6-18(7-13-21)24(27-29-15-16-2-8-19(25)9-3-16)23-14-22(23)17-4-10-20(26)11-5-17/h2-13,22-23H,14-15H2,1H3/b27-24-/t22-,23+/m0/s1. The number of benzene rings is 3. The van der Waals surface area contributed by atoms with Gasteiger partial charge >= 0.3 is 0 Å². The Bertz CT molecular complexity index is 983. The fourth-order valence-electron chi connectivity index (χ4n) is 3.43. The van der Waals surface area contributed by atoms with Gasteiger partial charge in [0.05, 0.1) is 12.8 Å². The summed E-state index contributed by atoms with van der Waals surface area (Å²) in [7, 11) is 1.66. The van der Waals surface area contributed by atoms with Crippen LogP contribution in [0.5, 0.6) is 5.75 Å². The van der Waals surface area contributed by atoms with Crippen LogP contribution in [0.1, 0.15) is 29.0 Å². The van der Waals surface area contributed by atoms with Gasteiger partial charge in [-0.1, -0.05) is 52.6 Å². The van der Waals surface area contributed by atoms with E-state index in [9.17, 15) is 0 Å². The Hall–Kier alpha value is -2.49. The Morgan fingerprint density at radius 2 is 1.52 bits per heavy atom. The molecule has 1 fully saturated rings. The Balaban J connectivity index is 1.53. The van der Waals surface area contributed by atoms with Gasteiger partial charge in [0.2, 0.25) is 0 Å².